The van der Waals surface area contributed by atoms with Crippen LogP contribution in [0.5, 0.6) is 0 Å². The molecule has 8 heavy (non-hydrogen) atoms. The zero-order chi connectivity index (χ0) is 4.50. The molecule has 0 aromatic heterocycles. The Morgan fingerprint density at radius 1 is 1.12 bits per heavy atom. The van der Waals surface area contributed by atoms with Crippen LogP contribution in [0, 0.1) is 0 Å². The van der Waals surface area contributed by atoms with Crippen LogP contribution < -0.4 is 0 Å². The molecule has 0 aromatic rings. The molecule has 4 N–H and O–H groups in total. The van der Waals surface area contributed by atoms with Crippen molar-refractivity contribution in [2.24, 2.45) is 0 Å². The first-order valence-electron chi connectivity index (χ1n) is 0.698. The molecule has 48 valence electrons. The van der Waals surface area contributed by atoms with E-state index in [-0.39, 0.29) is 52.4 Å². The van der Waals surface area contributed by atoms with E-state index in [2.05, 4.69) is 0 Å². The molecule has 0 saturated heterocycles. The van der Waals surface area contributed by atoms with Gasteiger partial charge in [-0.1, -0.05) is 0 Å². The minimum atomic E-state index is -4.67. The van der Waals surface area contributed by atoms with Gasteiger partial charge in [0.25, 0.3) is 0 Å². The molecule has 0 atom stereocenters. The molecule has 0 amide bonds. The maximum absolute atomic E-state index is 8.74. The van der Waals surface area contributed by atoms with E-state index in [1.54, 1.807) is 0 Å². The molecule has 0 aromatic carbocycles. The molecular formula is H8AlNaO5S. The first kappa shape index (κ1) is 22.8. The quantitative estimate of drug-likeness (QED) is 0.293. The Balaban J connectivity index is -0.0000000267. The monoisotopic (exact) mass is 170 g/mol. The molecule has 0 unspecified atom stereocenters. The summed E-state index contributed by atoms with van der Waals surface area (Å²) in [7, 11) is -4.67. The van der Waals surface area contributed by atoms with Crippen LogP contribution in [0.4, 0.5) is 0 Å². The Kier molecular flexibility index (Phi) is 23.8. The van der Waals surface area contributed by atoms with Crippen LogP contribution in [0.15, 0.2) is 0 Å². The van der Waals surface area contributed by atoms with Crippen LogP contribution in [0.1, 0.15) is 0 Å². The molecule has 0 fully saturated rings. The Bertz CT molecular complexity index is 95.6. The third-order valence-electron chi connectivity index (χ3n) is 0. The predicted molar refractivity (Wildman–Crippen MR) is 34.9 cm³/mol. The van der Waals surface area contributed by atoms with Crippen LogP contribution in [0.25, 0.3) is 0 Å². The van der Waals surface area contributed by atoms with E-state index in [4.69, 9.17) is 17.5 Å². The summed E-state index contributed by atoms with van der Waals surface area (Å²) in [6.45, 7) is 0. The van der Waals surface area contributed by atoms with Gasteiger partial charge < -0.3 is 5.48 Å². The molecule has 8 heteroatoms. The molecule has 0 spiro atoms. The average molecular weight is 170 g/mol. The van der Waals surface area contributed by atoms with Crippen LogP contribution in [-0.4, -0.2) is 69.9 Å². The van der Waals surface area contributed by atoms with Crippen molar-refractivity contribution < 1.29 is 23.0 Å². The van der Waals surface area contributed by atoms with Crippen molar-refractivity contribution in [3.8, 4) is 0 Å². The van der Waals surface area contributed by atoms with Crippen molar-refractivity contribution >= 4 is 57.3 Å². The van der Waals surface area contributed by atoms with Crippen LogP contribution >= 0.6 is 0 Å². The summed E-state index contributed by atoms with van der Waals surface area (Å²) in [5.74, 6) is 0. The molecule has 0 rings (SSSR count). The summed E-state index contributed by atoms with van der Waals surface area (Å²) in [6.07, 6.45) is 0. The van der Waals surface area contributed by atoms with Gasteiger partial charge in [-0.15, -0.1) is 0 Å². The topological polar surface area (TPSA) is 106 Å². The van der Waals surface area contributed by atoms with Gasteiger partial charge in [-0.05, 0) is 0 Å². The van der Waals surface area contributed by atoms with Gasteiger partial charge in [0.15, 0.2) is 17.4 Å². The van der Waals surface area contributed by atoms with Gasteiger partial charge in [0.05, 0.1) is 0 Å². The molecule has 0 heterocycles. The normalized spacial score (nSPS) is 7.25. The van der Waals surface area contributed by atoms with Gasteiger partial charge in [0.2, 0.25) is 0 Å². The SMILES string of the molecule is O.O=S(=O)(O)O.[AlH3].[NaH]. The number of hydrogen-bond acceptors (Lipinski definition) is 2. The van der Waals surface area contributed by atoms with Gasteiger partial charge in [0, 0.05) is 0 Å². The first-order valence-corrected chi connectivity index (χ1v) is 2.10. The zero-order valence-corrected chi connectivity index (χ0v) is 3.44. The second-order valence-electron chi connectivity index (χ2n) is 0.448. The molecule has 0 radical (unpaired) electrons. The van der Waals surface area contributed by atoms with Crippen molar-refractivity contribution in [1.29, 1.82) is 0 Å². The summed E-state index contributed by atoms with van der Waals surface area (Å²) in [6, 6.07) is 0. The fraction of sp³-hybridized carbons (Fsp3) is 0. The van der Waals surface area contributed by atoms with Crippen LogP contribution in [0.3, 0.4) is 0 Å². The summed E-state index contributed by atoms with van der Waals surface area (Å²) < 4.78 is 31.6. The molecule has 5 nitrogen and oxygen atoms in total. The molecule has 0 saturated carbocycles. The third kappa shape index (κ3) is 161. The summed E-state index contributed by atoms with van der Waals surface area (Å²) in [5.41, 5.74) is 0. The van der Waals surface area contributed by atoms with E-state index in [1.165, 1.54) is 0 Å². The fourth-order valence-corrected chi connectivity index (χ4v) is 0. The minimum absolute atomic E-state index is 0. The Morgan fingerprint density at radius 2 is 1.12 bits per heavy atom. The van der Waals surface area contributed by atoms with Crippen molar-refractivity contribution in [3.63, 3.8) is 0 Å². The fourth-order valence-electron chi connectivity index (χ4n) is 0. The average Bonchev–Trinajstić information content (AvgIpc) is 0.722. The summed E-state index contributed by atoms with van der Waals surface area (Å²) in [4.78, 5) is 0. The van der Waals surface area contributed by atoms with Crippen molar-refractivity contribution in [2.75, 3.05) is 0 Å². The second kappa shape index (κ2) is 8.36. The van der Waals surface area contributed by atoms with Crippen molar-refractivity contribution in [1.82, 2.24) is 0 Å². The van der Waals surface area contributed by atoms with E-state index in [0.717, 1.165) is 0 Å². The molecule has 0 aliphatic heterocycles. The van der Waals surface area contributed by atoms with Gasteiger partial charge in [-0.25, -0.2) is 0 Å². The Morgan fingerprint density at radius 3 is 1.12 bits per heavy atom. The van der Waals surface area contributed by atoms with E-state index < -0.39 is 10.4 Å². The Labute approximate surface area is 79.8 Å². The van der Waals surface area contributed by atoms with Crippen molar-refractivity contribution in [3.05, 3.63) is 0 Å². The maximum atomic E-state index is 8.74. The standard InChI is InChI=1S/Al.Na.H2O4S.H2O.4H/c;;1-5(2,3)4;;;;;/h;;(H2,1,2,3,4);1H2;;;;. The van der Waals surface area contributed by atoms with Crippen molar-refractivity contribution in [2.45, 2.75) is 0 Å². The molecule has 0 aliphatic rings. The predicted octanol–water partition coefficient (Wildman–Crippen LogP) is -3.31. The van der Waals surface area contributed by atoms with E-state index in [9.17, 15) is 0 Å². The van der Waals surface area contributed by atoms with Gasteiger partial charge in [-0.2, -0.15) is 8.42 Å². The van der Waals surface area contributed by atoms with Crippen LogP contribution in [0.2, 0.25) is 0 Å². The van der Waals surface area contributed by atoms with Gasteiger partial charge in [-0.3, -0.25) is 9.11 Å². The molecule has 0 bridgehead atoms. The third-order valence-corrected chi connectivity index (χ3v) is 0. The van der Waals surface area contributed by atoms with Gasteiger partial charge >= 0.3 is 40.0 Å². The summed E-state index contributed by atoms with van der Waals surface area (Å²) in [5, 5.41) is 0. The molecule has 0 aliphatic carbocycles. The first-order chi connectivity index (χ1) is 2.00. The Hall–Kier alpha value is 1.36. The number of hydrogen-bond donors (Lipinski definition) is 2. The molecular weight excluding hydrogens is 162 g/mol. The van der Waals surface area contributed by atoms with E-state index in [1.807, 2.05) is 0 Å². The number of rotatable bonds is 0. The van der Waals surface area contributed by atoms with Crippen LogP contribution in [-0.2, 0) is 10.4 Å². The van der Waals surface area contributed by atoms with Gasteiger partial charge in [0.1, 0.15) is 0 Å². The zero-order valence-electron chi connectivity index (χ0n) is 2.62. The van der Waals surface area contributed by atoms with E-state index in [0.29, 0.717) is 0 Å². The van der Waals surface area contributed by atoms with E-state index >= 15 is 0 Å². The second-order valence-corrected chi connectivity index (χ2v) is 1.34. The summed E-state index contributed by atoms with van der Waals surface area (Å²) >= 11 is 0.